The SMILES string of the molecule is Cc1ccc(-n2nc3c(N4CCCC(C(=O)NCc5ccccn5)C4)nnc(C)c3c2C)cc1. The van der Waals surface area contributed by atoms with E-state index in [-0.39, 0.29) is 11.8 Å². The van der Waals surface area contributed by atoms with Gasteiger partial charge >= 0.3 is 0 Å². The molecule has 1 amide bonds. The zero-order chi connectivity index (χ0) is 23.7. The molecule has 0 aliphatic carbocycles. The molecule has 4 heterocycles. The number of aromatic nitrogens is 5. The number of nitrogens with zero attached hydrogens (tertiary/aromatic N) is 6. The Hall–Kier alpha value is -3.81. The number of hydrogen-bond acceptors (Lipinski definition) is 6. The second-order valence-electron chi connectivity index (χ2n) is 8.99. The molecular formula is C26H29N7O. The van der Waals surface area contributed by atoms with Gasteiger partial charge in [-0.2, -0.15) is 10.2 Å². The van der Waals surface area contributed by atoms with Crippen molar-refractivity contribution in [2.24, 2.45) is 5.92 Å². The number of fused-ring (bicyclic) bond motifs is 1. The molecule has 0 saturated carbocycles. The lowest BCUT2D eigenvalue weighted by molar-refractivity contribution is -0.125. The summed E-state index contributed by atoms with van der Waals surface area (Å²) in [6, 6.07) is 14.0. The van der Waals surface area contributed by atoms with Crippen LogP contribution in [-0.2, 0) is 11.3 Å². The molecule has 1 N–H and O–H groups in total. The van der Waals surface area contributed by atoms with Gasteiger partial charge in [0.15, 0.2) is 5.82 Å². The van der Waals surface area contributed by atoms with Crippen LogP contribution in [0.15, 0.2) is 48.7 Å². The van der Waals surface area contributed by atoms with E-state index < -0.39 is 0 Å². The fourth-order valence-electron chi connectivity index (χ4n) is 4.67. The van der Waals surface area contributed by atoms with Crippen LogP contribution in [0.2, 0.25) is 0 Å². The number of benzene rings is 1. The molecule has 1 unspecified atom stereocenters. The molecule has 5 rings (SSSR count). The second-order valence-corrected chi connectivity index (χ2v) is 8.99. The Balaban J connectivity index is 1.41. The van der Waals surface area contributed by atoms with Crippen molar-refractivity contribution in [1.29, 1.82) is 0 Å². The number of carbonyl (C=O) groups excluding carboxylic acids is 1. The maximum Gasteiger partial charge on any atom is 0.225 e. The van der Waals surface area contributed by atoms with Gasteiger partial charge in [-0.15, -0.1) is 5.10 Å². The Labute approximate surface area is 199 Å². The zero-order valence-corrected chi connectivity index (χ0v) is 19.8. The quantitative estimate of drug-likeness (QED) is 0.494. The number of carbonyl (C=O) groups is 1. The van der Waals surface area contributed by atoms with Crippen LogP contribution in [-0.4, -0.2) is 44.0 Å². The maximum absolute atomic E-state index is 12.9. The van der Waals surface area contributed by atoms with E-state index in [4.69, 9.17) is 5.10 Å². The second kappa shape index (κ2) is 9.21. The predicted molar refractivity (Wildman–Crippen MR) is 132 cm³/mol. The lowest BCUT2D eigenvalue weighted by atomic mass is 9.97. The molecule has 34 heavy (non-hydrogen) atoms. The molecule has 174 valence electrons. The molecule has 1 aliphatic heterocycles. The Kier molecular flexibility index (Phi) is 5.96. The fraction of sp³-hybridized carbons (Fsp3) is 0.346. The van der Waals surface area contributed by atoms with E-state index in [1.165, 1.54) is 5.56 Å². The van der Waals surface area contributed by atoms with Gasteiger partial charge in [0.05, 0.1) is 40.6 Å². The summed E-state index contributed by atoms with van der Waals surface area (Å²) in [5.41, 5.74) is 5.80. The van der Waals surface area contributed by atoms with Crippen LogP contribution >= 0.6 is 0 Å². The van der Waals surface area contributed by atoms with Gasteiger partial charge in [0.25, 0.3) is 0 Å². The van der Waals surface area contributed by atoms with Gasteiger partial charge in [-0.05, 0) is 57.9 Å². The highest BCUT2D eigenvalue weighted by molar-refractivity contribution is 5.92. The number of piperidine rings is 1. The minimum Gasteiger partial charge on any atom is -0.352 e. The molecule has 1 atom stereocenters. The van der Waals surface area contributed by atoms with E-state index in [9.17, 15) is 4.79 Å². The molecule has 1 aliphatic rings. The Morgan fingerprint density at radius 2 is 1.91 bits per heavy atom. The average Bonchev–Trinajstić information content (AvgIpc) is 3.22. The molecule has 0 spiro atoms. The van der Waals surface area contributed by atoms with Crippen molar-refractivity contribution in [1.82, 2.24) is 30.3 Å². The highest BCUT2D eigenvalue weighted by atomic mass is 16.1. The van der Waals surface area contributed by atoms with Gasteiger partial charge in [-0.3, -0.25) is 9.78 Å². The molecule has 8 heteroatoms. The van der Waals surface area contributed by atoms with E-state index in [2.05, 4.69) is 63.5 Å². The highest BCUT2D eigenvalue weighted by Crippen LogP contribution is 2.31. The summed E-state index contributed by atoms with van der Waals surface area (Å²) in [5.74, 6) is 0.681. The first-order valence-corrected chi connectivity index (χ1v) is 11.7. The summed E-state index contributed by atoms with van der Waals surface area (Å²) >= 11 is 0. The van der Waals surface area contributed by atoms with E-state index in [1.54, 1.807) is 6.20 Å². The van der Waals surface area contributed by atoms with E-state index in [0.717, 1.165) is 58.9 Å². The first-order valence-electron chi connectivity index (χ1n) is 11.7. The monoisotopic (exact) mass is 455 g/mol. The van der Waals surface area contributed by atoms with Crippen molar-refractivity contribution in [3.05, 3.63) is 71.3 Å². The van der Waals surface area contributed by atoms with Gasteiger partial charge in [0.1, 0.15) is 5.52 Å². The molecule has 4 aromatic rings. The minimum absolute atomic E-state index is 0.0491. The van der Waals surface area contributed by atoms with E-state index in [0.29, 0.717) is 13.1 Å². The summed E-state index contributed by atoms with van der Waals surface area (Å²) in [5, 5.41) is 18.0. The standard InChI is InChI=1S/C26H29N7O/c1-17-9-11-22(12-10-17)33-19(3)23-18(2)29-30-25(24(23)31-33)32-14-6-7-20(16-32)26(34)28-15-21-8-4-5-13-27-21/h4-5,8-13,20H,6-7,14-16H2,1-3H3,(H,28,34). The third-order valence-corrected chi connectivity index (χ3v) is 6.52. The fourth-order valence-corrected chi connectivity index (χ4v) is 4.67. The van der Waals surface area contributed by atoms with Gasteiger partial charge in [-0.1, -0.05) is 23.8 Å². The summed E-state index contributed by atoms with van der Waals surface area (Å²) < 4.78 is 1.96. The van der Waals surface area contributed by atoms with Crippen molar-refractivity contribution in [3.63, 3.8) is 0 Å². The van der Waals surface area contributed by atoms with Crippen LogP contribution in [0.4, 0.5) is 5.82 Å². The lowest BCUT2D eigenvalue weighted by Gasteiger charge is -2.32. The summed E-state index contributed by atoms with van der Waals surface area (Å²) in [6.45, 7) is 7.97. The van der Waals surface area contributed by atoms with Crippen molar-refractivity contribution in [2.45, 2.75) is 40.2 Å². The molecule has 1 aromatic carbocycles. The molecule has 1 saturated heterocycles. The molecule has 3 aromatic heterocycles. The van der Waals surface area contributed by atoms with E-state index in [1.807, 2.05) is 29.8 Å². The predicted octanol–water partition coefficient (Wildman–Crippen LogP) is 3.67. The number of aryl methyl sites for hydroxylation is 3. The van der Waals surface area contributed by atoms with Gasteiger partial charge in [0, 0.05) is 19.3 Å². The van der Waals surface area contributed by atoms with Gasteiger partial charge in [0.2, 0.25) is 5.91 Å². The number of hydrogen-bond donors (Lipinski definition) is 1. The smallest absolute Gasteiger partial charge is 0.225 e. The molecule has 8 nitrogen and oxygen atoms in total. The van der Waals surface area contributed by atoms with Crippen LogP contribution in [0.3, 0.4) is 0 Å². The normalized spacial score (nSPS) is 16.1. The van der Waals surface area contributed by atoms with Gasteiger partial charge in [-0.25, -0.2) is 4.68 Å². The Bertz CT molecular complexity index is 1310. The van der Waals surface area contributed by atoms with Gasteiger partial charge < -0.3 is 10.2 Å². The number of amides is 1. The highest BCUT2D eigenvalue weighted by Gasteiger charge is 2.29. The van der Waals surface area contributed by atoms with Crippen molar-refractivity contribution >= 4 is 22.6 Å². The van der Waals surface area contributed by atoms with Crippen LogP contribution in [0.5, 0.6) is 0 Å². The summed E-state index contributed by atoms with van der Waals surface area (Å²) in [7, 11) is 0. The third kappa shape index (κ3) is 4.23. The Morgan fingerprint density at radius 3 is 2.68 bits per heavy atom. The average molecular weight is 456 g/mol. The van der Waals surface area contributed by atoms with Crippen molar-refractivity contribution < 1.29 is 4.79 Å². The largest absolute Gasteiger partial charge is 0.352 e. The zero-order valence-electron chi connectivity index (χ0n) is 19.8. The summed E-state index contributed by atoms with van der Waals surface area (Å²) in [6.07, 6.45) is 3.50. The number of pyridine rings is 1. The first-order chi connectivity index (χ1) is 16.5. The van der Waals surface area contributed by atoms with Crippen LogP contribution in [0, 0.1) is 26.7 Å². The van der Waals surface area contributed by atoms with Crippen LogP contribution in [0.25, 0.3) is 16.6 Å². The van der Waals surface area contributed by atoms with Crippen molar-refractivity contribution in [2.75, 3.05) is 18.0 Å². The number of anilines is 1. The molecular weight excluding hydrogens is 426 g/mol. The third-order valence-electron chi connectivity index (χ3n) is 6.52. The minimum atomic E-state index is -0.115. The maximum atomic E-state index is 12.9. The number of nitrogens with one attached hydrogen (secondary N) is 1. The van der Waals surface area contributed by atoms with E-state index >= 15 is 0 Å². The van der Waals surface area contributed by atoms with Crippen LogP contribution in [0.1, 0.15) is 35.5 Å². The van der Waals surface area contributed by atoms with Crippen LogP contribution < -0.4 is 10.2 Å². The lowest BCUT2D eigenvalue weighted by Crippen LogP contribution is -2.43. The van der Waals surface area contributed by atoms with Crippen molar-refractivity contribution in [3.8, 4) is 5.69 Å². The summed E-state index contributed by atoms with van der Waals surface area (Å²) in [4.78, 5) is 19.4. The molecule has 1 fully saturated rings. The number of rotatable bonds is 5. The first kappa shape index (κ1) is 22.0. The molecule has 0 bridgehead atoms. The molecule has 0 radical (unpaired) electrons. The Morgan fingerprint density at radius 1 is 1.09 bits per heavy atom. The topological polar surface area (TPSA) is 88.8 Å².